The molecule has 0 aliphatic heterocycles. The van der Waals surface area contributed by atoms with Crippen LogP contribution >= 0.6 is 0 Å². The molecule has 76 valence electrons. The van der Waals surface area contributed by atoms with Crippen molar-refractivity contribution in [2.45, 2.75) is 0 Å². The third-order valence-electron chi connectivity index (χ3n) is 1.73. The first kappa shape index (κ1) is 10.4. The maximum Gasteiger partial charge on any atom is 0.340 e. The molecule has 0 atom stereocenters. The van der Waals surface area contributed by atoms with E-state index in [0.29, 0.717) is 6.07 Å². The van der Waals surface area contributed by atoms with Crippen LogP contribution in [0.5, 0.6) is 0 Å². The summed E-state index contributed by atoms with van der Waals surface area (Å²) in [6, 6.07) is 1.70. The highest BCUT2D eigenvalue weighted by molar-refractivity contribution is 5.90. The molecule has 1 N–H and O–H groups in total. The van der Waals surface area contributed by atoms with Crippen LogP contribution in [-0.2, 0) is 4.74 Å². The van der Waals surface area contributed by atoms with Crippen LogP contribution in [0.4, 0.5) is 14.5 Å². The van der Waals surface area contributed by atoms with Crippen LogP contribution < -0.4 is 5.32 Å². The van der Waals surface area contributed by atoms with Crippen LogP contribution in [0, 0.1) is 11.6 Å². The van der Waals surface area contributed by atoms with Gasteiger partial charge in [-0.3, -0.25) is 0 Å². The molecule has 1 rings (SSSR count). The minimum Gasteiger partial charge on any atom is -0.465 e. The molecule has 0 unspecified atom stereocenters. The van der Waals surface area contributed by atoms with Crippen molar-refractivity contribution in [1.82, 2.24) is 0 Å². The molecular weight excluding hydrogens is 192 g/mol. The molecule has 0 amide bonds. The average molecular weight is 201 g/mol. The summed E-state index contributed by atoms with van der Waals surface area (Å²) in [6.07, 6.45) is 0. The number of halogens is 2. The second-order valence-corrected chi connectivity index (χ2v) is 2.55. The van der Waals surface area contributed by atoms with Gasteiger partial charge >= 0.3 is 5.97 Å². The first-order chi connectivity index (χ1) is 6.60. The van der Waals surface area contributed by atoms with Gasteiger partial charge in [-0.25, -0.2) is 13.6 Å². The van der Waals surface area contributed by atoms with Gasteiger partial charge in [-0.15, -0.1) is 0 Å². The zero-order valence-corrected chi connectivity index (χ0v) is 7.73. The Morgan fingerprint density at radius 2 is 2.00 bits per heavy atom. The van der Waals surface area contributed by atoms with Gasteiger partial charge in [-0.1, -0.05) is 0 Å². The summed E-state index contributed by atoms with van der Waals surface area (Å²) >= 11 is 0. The summed E-state index contributed by atoms with van der Waals surface area (Å²) < 4.78 is 30.3. The van der Waals surface area contributed by atoms with Gasteiger partial charge in [0.05, 0.1) is 18.4 Å². The van der Waals surface area contributed by atoms with Crippen molar-refractivity contribution < 1.29 is 18.3 Å². The first-order valence-electron chi connectivity index (χ1n) is 3.85. The molecule has 0 saturated carbocycles. The van der Waals surface area contributed by atoms with Crippen molar-refractivity contribution >= 4 is 11.7 Å². The second-order valence-electron chi connectivity index (χ2n) is 2.55. The molecule has 0 fully saturated rings. The van der Waals surface area contributed by atoms with Gasteiger partial charge in [0.1, 0.15) is 11.6 Å². The standard InChI is InChI=1S/C9H9F2NO2/c1-12-8-3-5(9(13)14-2)6(10)4-7(8)11/h3-4,12H,1-2H3. The number of benzene rings is 1. The Kier molecular flexibility index (Phi) is 3.01. The Balaban J connectivity index is 3.24. The van der Waals surface area contributed by atoms with E-state index in [0.717, 1.165) is 13.2 Å². The number of ether oxygens (including phenoxy) is 1. The summed E-state index contributed by atoms with van der Waals surface area (Å²) in [5.74, 6) is -2.52. The highest BCUT2D eigenvalue weighted by atomic mass is 19.1. The fourth-order valence-electron chi connectivity index (χ4n) is 1.01. The second kappa shape index (κ2) is 4.04. The van der Waals surface area contributed by atoms with Crippen molar-refractivity contribution in [3.05, 3.63) is 29.3 Å². The topological polar surface area (TPSA) is 38.3 Å². The Morgan fingerprint density at radius 1 is 1.36 bits per heavy atom. The van der Waals surface area contributed by atoms with E-state index >= 15 is 0 Å². The predicted octanol–water partition coefficient (Wildman–Crippen LogP) is 1.79. The fraction of sp³-hybridized carbons (Fsp3) is 0.222. The Labute approximate surface area is 79.7 Å². The highest BCUT2D eigenvalue weighted by Crippen LogP contribution is 2.19. The van der Waals surface area contributed by atoms with Gasteiger partial charge in [0.15, 0.2) is 0 Å². The fourth-order valence-corrected chi connectivity index (χ4v) is 1.01. The van der Waals surface area contributed by atoms with E-state index in [1.54, 1.807) is 0 Å². The van der Waals surface area contributed by atoms with Gasteiger partial charge in [-0.2, -0.15) is 0 Å². The average Bonchev–Trinajstić information content (AvgIpc) is 2.17. The number of rotatable bonds is 2. The van der Waals surface area contributed by atoms with Crippen LogP contribution in [0.2, 0.25) is 0 Å². The van der Waals surface area contributed by atoms with Crippen molar-refractivity contribution in [2.24, 2.45) is 0 Å². The van der Waals surface area contributed by atoms with Crippen molar-refractivity contribution in [3.63, 3.8) is 0 Å². The summed E-state index contributed by atoms with van der Waals surface area (Å²) in [7, 11) is 2.60. The van der Waals surface area contributed by atoms with E-state index in [1.807, 2.05) is 0 Å². The van der Waals surface area contributed by atoms with Crippen molar-refractivity contribution in [1.29, 1.82) is 0 Å². The molecule has 0 heterocycles. The van der Waals surface area contributed by atoms with E-state index in [4.69, 9.17) is 0 Å². The van der Waals surface area contributed by atoms with Crippen molar-refractivity contribution in [3.8, 4) is 0 Å². The molecule has 14 heavy (non-hydrogen) atoms. The summed E-state index contributed by atoms with van der Waals surface area (Å²) in [5, 5.41) is 2.49. The third-order valence-corrected chi connectivity index (χ3v) is 1.73. The Bertz CT molecular complexity index is 366. The van der Waals surface area contributed by atoms with E-state index in [2.05, 4.69) is 10.1 Å². The molecule has 0 saturated heterocycles. The molecular formula is C9H9F2NO2. The first-order valence-corrected chi connectivity index (χ1v) is 3.85. The van der Waals surface area contributed by atoms with Crippen LogP contribution in [-0.4, -0.2) is 20.1 Å². The largest absolute Gasteiger partial charge is 0.465 e. The zero-order valence-electron chi connectivity index (χ0n) is 7.73. The SMILES string of the molecule is CNc1cc(C(=O)OC)c(F)cc1F. The van der Waals surface area contributed by atoms with E-state index in [-0.39, 0.29) is 11.3 Å². The Morgan fingerprint density at radius 3 is 2.50 bits per heavy atom. The van der Waals surface area contributed by atoms with Gasteiger partial charge in [-0.05, 0) is 6.07 Å². The number of carbonyl (C=O) groups excluding carboxylic acids is 1. The summed E-state index contributed by atoms with van der Waals surface area (Å²) in [6.45, 7) is 0. The molecule has 0 aliphatic carbocycles. The molecule has 0 radical (unpaired) electrons. The van der Waals surface area contributed by atoms with E-state index in [9.17, 15) is 13.6 Å². The number of methoxy groups -OCH3 is 1. The number of carbonyl (C=O) groups is 1. The summed E-state index contributed by atoms with van der Waals surface area (Å²) in [4.78, 5) is 11.0. The maximum atomic E-state index is 13.0. The maximum absolute atomic E-state index is 13.0. The molecule has 3 nitrogen and oxygen atoms in total. The van der Waals surface area contributed by atoms with Gasteiger partial charge in [0, 0.05) is 13.1 Å². The third kappa shape index (κ3) is 1.81. The zero-order chi connectivity index (χ0) is 10.7. The van der Waals surface area contributed by atoms with Crippen LogP contribution in [0.25, 0.3) is 0 Å². The number of esters is 1. The Hall–Kier alpha value is -1.65. The minimum atomic E-state index is -0.937. The van der Waals surface area contributed by atoms with E-state index < -0.39 is 17.6 Å². The smallest absolute Gasteiger partial charge is 0.340 e. The van der Waals surface area contributed by atoms with Gasteiger partial charge in [0.2, 0.25) is 0 Å². The molecule has 5 heteroatoms. The van der Waals surface area contributed by atoms with Gasteiger partial charge in [0.25, 0.3) is 0 Å². The van der Waals surface area contributed by atoms with E-state index in [1.165, 1.54) is 7.05 Å². The lowest BCUT2D eigenvalue weighted by Gasteiger charge is -2.05. The van der Waals surface area contributed by atoms with Crippen molar-refractivity contribution in [2.75, 3.05) is 19.5 Å². The minimum absolute atomic E-state index is 0.0480. The highest BCUT2D eigenvalue weighted by Gasteiger charge is 2.15. The molecule has 1 aromatic carbocycles. The molecule has 0 aliphatic rings. The normalized spacial score (nSPS) is 9.71. The lowest BCUT2D eigenvalue weighted by molar-refractivity contribution is 0.0595. The van der Waals surface area contributed by atoms with Crippen LogP contribution in [0.15, 0.2) is 12.1 Å². The monoisotopic (exact) mass is 201 g/mol. The molecule has 1 aromatic rings. The lowest BCUT2D eigenvalue weighted by atomic mass is 10.2. The number of hydrogen-bond donors (Lipinski definition) is 1. The van der Waals surface area contributed by atoms with Crippen LogP contribution in [0.1, 0.15) is 10.4 Å². The van der Waals surface area contributed by atoms with Crippen LogP contribution in [0.3, 0.4) is 0 Å². The number of nitrogens with one attached hydrogen (secondary N) is 1. The molecule has 0 spiro atoms. The van der Waals surface area contributed by atoms with Gasteiger partial charge < -0.3 is 10.1 Å². The predicted molar refractivity (Wildman–Crippen MR) is 47.2 cm³/mol. The lowest BCUT2D eigenvalue weighted by Crippen LogP contribution is -2.06. The number of hydrogen-bond acceptors (Lipinski definition) is 3. The molecule has 0 bridgehead atoms. The quantitative estimate of drug-likeness (QED) is 0.741. The summed E-state index contributed by atoms with van der Waals surface area (Å²) in [5.41, 5.74) is -0.245. The number of anilines is 1. The molecule has 0 aromatic heterocycles.